The maximum Gasteiger partial charge on any atom is 0.262 e. The molecule has 5 nitrogen and oxygen atoms in total. The second kappa shape index (κ2) is 5.31. The van der Waals surface area contributed by atoms with E-state index in [1.54, 1.807) is 23.1 Å². The van der Waals surface area contributed by atoms with E-state index in [2.05, 4.69) is 4.72 Å². The van der Waals surface area contributed by atoms with E-state index in [-0.39, 0.29) is 16.5 Å². The molecule has 0 aromatic heterocycles. The molecule has 0 spiro atoms. The molecule has 1 N–H and O–H groups in total. The first-order valence-corrected chi connectivity index (χ1v) is 9.17. The van der Waals surface area contributed by atoms with Crippen LogP contribution in [0.25, 0.3) is 0 Å². The average molecular weight is 346 g/mol. The number of para-hydroxylation sites is 1. The number of anilines is 2. The molecule has 124 valence electrons. The van der Waals surface area contributed by atoms with Crippen LogP contribution >= 0.6 is 0 Å². The minimum atomic E-state index is -3.89. The Morgan fingerprint density at radius 1 is 1.04 bits per heavy atom. The Morgan fingerprint density at radius 3 is 2.50 bits per heavy atom. The van der Waals surface area contributed by atoms with Crippen LogP contribution in [0.15, 0.2) is 41.3 Å². The van der Waals surface area contributed by atoms with Crippen molar-refractivity contribution in [1.29, 1.82) is 0 Å². The first-order valence-electron chi connectivity index (χ1n) is 7.69. The number of amides is 1. The predicted molar refractivity (Wildman–Crippen MR) is 88.0 cm³/mol. The SMILES string of the molecule is O=C1CCc2cc(S(=O)(=O)Nc3ccccc3F)cc3c2N1CC3. The van der Waals surface area contributed by atoms with Gasteiger partial charge in [0.15, 0.2) is 0 Å². The number of carbonyl (C=O) groups is 1. The average Bonchev–Trinajstić information content (AvgIpc) is 2.98. The largest absolute Gasteiger partial charge is 0.312 e. The van der Waals surface area contributed by atoms with E-state index in [1.807, 2.05) is 0 Å². The summed E-state index contributed by atoms with van der Waals surface area (Å²) >= 11 is 0. The van der Waals surface area contributed by atoms with Crippen LogP contribution in [-0.2, 0) is 27.7 Å². The van der Waals surface area contributed by atoms with Gasteiger partial charge in [-0.2, -0.15) is 0 Å². The van der Waals surface area contributed by atoms with Crippen LogP contribution in [0.5, 0.6) is 0 Å². The topological polar surface area (TPSA) is 66.5 Å². The fourth-order valence-electron chi connectivity index (χ4n) is 3.33. The minimum Gasteiger partial charge on any atom is -0.312 e. The maximum absolute atomic E-state index is 13.7. The van der Waals surface area contributed by atoms with Crippen molar-refractivity contribution in [3.8, 4) is 0 Å². The molecule has 2 aromatic rings. The highest BCUT2D eigenvalue weighted by molar-refractivity contribution is 7.92. The molecule has 24 heavy (non-hydrogen) atoms. The van der Waals surface area contributed by atoms with Gasteiger partial charge in [0, 0.05) is 13.0 Å². The second-order valence-corrected chi connectivity index (χ2v) is 7.65. The summed E-state index contributed by atoms with van der Waals surface area (Å²) in [6.45, 7) is 0.589. The highest BCUT2D eigenvalue weighted by Gasteiger charge is 2.33. The lowest BCUT2D eigenvalue weighted by atomic mass is 10.00. The van der Waals surface area contributed by atoms with Crippen LogP contribution in [0.4, 0.5) is 15.8 Å². The fourth-order valence-corrected chi connectivity index (χ4v) is 4.50. The van der Waals surface area contributed by atoms with Crippen LogP contribution in [0.3, 0.4) is 0 Å². The minimum absolute atomic E-state index is 0.0801. The third kappa shape index (κ3) is 2.36. The van der Waals surface area contributed by atoms with E-state index in [0.29, 0.717) is 25.8 Å². The number of halogens is 1. The Bertz CT molecular complexity index is 956. The Balaban J connectivity index is 1.75. The molecule has 4 rings (SSSR count). The zero-order valence-corrected chi connectivity index (χ0v) is 13.6. The van der Waals surface area contributed by atoms with Crippen molar-refractivity contribution < 1.29 is 17.6 Å². The summed E-state index contributed by atoms with van der Waals surface area (Å²) in [6, 6.07) is 8.82. The molecule has 2 aliphatic heterocycles. The van der Waals surface area contributed by atoms with Crippen LogP contribution in [0.2, 0.25) is 0 Å². The van der Waals surface area contributed by atoms with E-state index in [9.17, 15) is 17.6 Å². The Kier molecular flexibility index (Phi) is 3.35. The van der Waals surface area contributed by atoms with Crippen LogP contribution in [0.1, 0.15) is 17.5 Å². The zero-order chi connectivity index (χ0) is 16.9. The van der Waals surface area contributed by atoms with E-state index in [4.69, 9.17) is 0 Å². The summed E-state index contributed by atoms with van der Waals surface area (Å²) in [4.78, 5) is 13.8. The summed E-state index contributed by atoms with van der Waals surface area (Å²) in [5.41, 5.74) is 2.49. The molecule has 7 heteroatoms. The van der Waals surface area contributed by atoms with Gasteiger partial charge < -0.3 is 4.90 Å². The molecule has 0 saturated heterocycles. The molecule has 0 unspecified atom stereocenters. The summed E-state index contributed by atoms with van der Waals surface area (Å²) in [5.74, 6) is -0.540. The third-order valence-electron chi connectivity index (χ3n) is 4.45. The number of benzene rings is 2. The lowest BCUT2D eigenvalue weighted by Crippen LogP contribution is -2.33. The standard InChI is InChI=1S/C17H15FN2O3S/c18-14-3-1-2-4-15(14)19-24(22,23)13-9-11-5-6-16(21)20-8-7-12(10-13)17(11)20/h1-4,9-10,19H,5-8H2. The zero-order valence-electron chi connectivity index (χ0n) is 12.8. The molecule has 0 radical (unpaired) electrons. The first-order chi connectivity index (χ1) is 11.5. The molecule has 2 aromatic carbocycles. The number of hydrogen-bond acceptors (Lipinski definition) is 3. The van der Waals surface area contributed by atoms with Crippen molar-refractivity contribution in [2.75, 3.05) is 16.2 Å². The van der Waals surface area contributed by atoms with Gasteiger partial charge in [-0.05, 0) is 48.2 Å². The number of nitrogens with zero attached hydrogens (tertiary/aromatic N) is 1. The number of carbonyl (C=O) groups excluding carboxylic acids is 1. The number of aryl methyl sites for hydroxylation is 1. The molecule has 0 atom stereocenters. The van der Waals surface area contributed by atoms with Gasteiger partial charge in [0.2, 0.25) is 5.91 Å². The molecule has 0 fully saturated rings. The molecule has 0 aliphatic carbocycles. The highest BCUT2D eigenvalue weighted by Crippen LogP contribution is 2.38. The van der Waals surface area contributed by atoms with Crippen LogP contribution in [0, 0.1) is 5.82 Å². The summed E-state index contributed by atoms with van der Waals surface area (Å²) in [7, 11) is -3.89. The lowest BCUT2D eigenvalue weighted by molar-refractivity contribution is -0.118. The lowest BCUT2D eigenvalue weighted by Gasteiger charge is -2.25. The molecular weight excluding hydrogens is 331 g/mol. The van der Waals surface area contributed by atoms with E-state index < -0.39 is 15.8 Å². The molecular formula is C17H15FN2O3S. The van der Waals surface area contributed by atoms with Crippen molar-refractivity contribution in [2.45, 2.75) is 24.2 Å². The van der Waals surface area contributed by atoms with Crippen LogP contribution in [-0.4, -0.2) is 20.9 Å². The first kappa shape index (κ1) is 15.1. The molecule has 1 amide bonds. The van der Waals surface area contributed by atoms with Crippen molar-refractivity contribution in [3.05, 3.63) is 53.3 Å². The number of nitrogens with one attached hydrogen (secondary N) is 1. The van der Waals surface area contributed by atoms with Gasteiger partial charge in [0.05, 0.1) is 16.3 Å². The maximum atomic E-state index is 13.7. The molecule has 0 saturated carbocycles. The molecule has 0 bridgehead atoms. The van der Waals surface area contributed by atoms with E-state index >= 15 is 0 Å². The van der Waals surface area contributed by atoms with Gasteiger partial charge in [-0.15, -0.1) is 0 Å². The predicted octanol–water partition coefficient (Wildman–Crippen LogP) is 2.46. The normalized spacial score (nSPS) is 16.2. The number of hydrogen-bond donors (Lipinski definition) is 1. The van der Waals surface area contributed by atoms with Crippen molar-refractivity contribution in [1.82, 2.24) is 0 Å². The fraction of sp³-hybridized carbons (Fsp3) is 0.235. The second-order valence-electron chi connectivity index (χ2n) is 5.97. The van der Waals surface area contributed by atoms with Gasteiger partial charge in [0.25, 0.3) is 10.0 Å². The Morgan fingerprint density at radius 2 is 1.75 bits per heavy atom. The Hall–Kier alpha value is -2.41. The summed E-state index contributed by atoms with van der Waals surface area (Å²) < 4.78 is 41.3. The van der Waals surface area contributed by atoms with E-state index in [1.165, 1.54) is 18.2 Å². The van der Waals surface area contributed by atoms with Gasteiger partial charge in [-0.1, -0.05) is 12.1 Å². The summed E-state index contributed by atoms with van der Waals surface area (Å²) in [6.07, 6.45) is 1.55. The summed E-state index contributed by atoms with van der Waals surface area (Å²) in [5, 5.41) is 0. The third-order valence-corrected chi connectivity index (χ3v) is 5.80. The van der Waals surface area contributed by atoms with Crippen molar-refractivity contribution >= 4 is 27.3 Å². The monoisotopic (exact) mass is 346 g/mol. The number of rotatable bonds is 3. The van der Waals surface area contributed by atoms with E-state index in [0.717, 1.165) is 16.8 Å². The Labute approximate surface area is 139 Å². The van der Waals surface area contributed by atoms with Crippen LogP contribution < -0.4 is 9.62 Å². The van der Waals surface area contributed by atoms with Gasteiger partial charge in [0.1, 0.15) is 5.82 Å². The quantitative estimate of drug-likeness (QED) is 0.928. The van der Waals surface area contributed by atoms with Crippen molar-refractivity contribution in [3.63, 3.8) is 0 Å². The highest BCUT2D eigenvalue weighted by atomic mass is 32.2. The molecule has 2 aliphatic rings. The smallest absolute Gasteiger partial charge is 0.262 e. The molecule has 2 heterocycles. The van der Waals surface area contributed by atoms with Crippen molar-refractivity contribution in [2.24, 2.45) is 0 Å². The number of sulfonamides is 1. The van der Waals surface area contributed by atoms with Gasteiger partial charge in [-0.3, -0.25) is 9.52 Å². The van der Waals surface area contributed by atoms with Gasteiger partial charge in [-0.25, -0.2) is 12.8 Å². The van der Waals surface area contributed by atoms with Gasteiger partial charge >= 0.3 is 0 Å².